The largest absolute Gasteiger partial charge is 0.490 e. The lowest BCUT2D eigenvalue weighted by atomic mass is 10.0. The number of hydrogen-bond donors (Lipinski definition) is 0. The molecule has 2 aromatic carbocycles. The molecule has 29 heavy (non-hydrogen) atoms. The molecule has 0 radical (unpaired) electrons. The van der Waals surface area contributed by atoms with Gasteiger partial charge in [-0.05, 0) is 56.5 Å². The van der Waals surface area contributed by atoms with E-state index >= 15 is 0 Å². The van der Waals surface area contributed by atoms with Gasteiger partial charge in [-0.3, -0.25) is 4.79 Å². The molecule has 7 heteroatoms. The van der Waals surface area contributed by atoms with Gasteiger partial charge in [-0.25, -0.2) is 0 Å². The molecule has 1 amide bonds. The van der Waals surface area contributed by atoms with Crippen molar-refractivity contribution in [3.05, 3.63) is 59.7 Å². The number of halogens is 3. The molecule has 0 saturated heterocycles. The zero-order chi connectivity index (χ0) is 21.0. The van der Waals surface area contributed by atoms with Crippen molar-refractivity contribution >= 4 is 5.91 Å². The number of alkyl halides is 3. The third-order valence-corrected chi connectivity index (χ3v) is 4.84. The van der Waals surface area contributed by atoms with Crippen molar-refractivity contribution < 1.29 is 27.4 Å². The Morgan fingerprint density at radius 3 is 2.34 bits per heavy atom. The summed E-state index contributed by atoms with van der Waals surface area (Å²) in [6.45, 7) is 3.87. The van der Waals surface area contributed by atoms with Crippen LogP contribution in [0.4, 0.5) is 13.2 Å². The Balaban J connectivity index is 1.74. The highest BCUT2D eigenvalue weighted by atomic mass is 19.4. The van der Waals surface area contributed by atoms with Crippen molar-refractivity contribution in [3.8, 4) is 11.5 Å². The topological polar surface area (TPSA) is 38.8 Å². The van der Waals surface area contributed by atoms with E-state index in [1.54, 1.807) is 36.1 Å². The molecule has 3 rings (SSSR count). The van der Waals surface area contributed by atoms with Crippen LogP contribution >= 0.6 is 0 Å². The normalized spacial score (nSPS) is 14.9. The molecule has 0 bridgehead atoms. The van der Waals surface area contributed by atoms with Gasteiger partial charge in [0, 0.05) is 6.04 Å². The molecule has 1 aliphatic carbocycles. The summed E-state index contributed by atoms with van der Waals surface area (Å²) < 4.78 is 50.3. The fourth-order valence-electron chi connectivity index (χ4n) is 3.28. The molecule has 0 aromatic heterocycles. The summed E-state index contributed by atoms with van der Waals surface area (Å²) in [7, 11) is 0. The number of ether oxygens (including phenoxy) is 2. The fraction of sp³-hybridized carbons (Fsp3) is 0.409. The zero-order valence-electron chi connectivity index (χ0n) is 16.4. The number of hydrogen-bond acceptors (Lipinski definition) is 3. The van der Waals surface area contributed by atoms with Gasteiger partial charge in [0.2, 0.25) is 0 Å². The lowest BCUT2D eigenvalue weighted by Crippen LogP contribution is -2.38. The van der Waals surface area contributed by atoms with E-state index in [-0.39, 0.29) is 18.6 Å². The Labute approximate surface area is 168 Å². The van der Waals surface area contributed by atoms with E-state index in [2.05, 4.69) is 0 Å². The maximum Gasteiger partial charge on any atom is 0.416 e. The van der Waals surface area contributed by atoms with Gasteiger partial charge in [0.1, 0.15) is 0 Å². The number of nitrogens with zero attached hydrogens (tertiary/aromatic N) is 1. The number of carbonyl (C=O) groups is 1. The van der Waals surface area contributed by atoms with E-state index in [9.17, 15) is 18.0 Å². The molecule has 1 atom stereocenters. The molecule has 156 valence electrons. The standard InChI is InChI=1S/C22H24F3NO3/c1-3-28-19-9-4-5-10-20(19)29-14-21(27)26(18-11-12-18)15(2)16-7-6-8-17(13-16)22(23,24)25/h4-10,13,15,18H,3,11-12,14H2,1-2H3. The maximum atomic E-state index is 13.1. The van der Waals surface area contributed by atoms with Crippen LogP contribution < -0.4 is 9.47 Å². The van der Waals surface area contributed by atoms with Crippen LogP contribution in [0, 0.1) is 0 Å². The molecule has 0 spiro atoms. The third kappa shape index (κ3) is 5.22. The quantitative estimate of drug-likeness (QED) is 0.601. The average molecular weight is 407 g/mol. The molecular weight excluding hydrogens is 383 g/mol. The summed E-state index contributed by atoms with van der Waals surface area (Å²) in [4.78, 5) is 14.5. The predicted molar refractivity (Wildman–Crippen MR) is 103 cm³/mol. The van der Waals surface area contributed by atoms with Gasteiger partial charge in [-0.2, -0.15) is 13.2 Å². The first kappa shape index (κ1) is 21.0. The number of carbonyl (C=O) groups excluding carboxylic acids is 1. The molecular formula is C22H24F3NO3. The Hall–Kier alpha value is -2.70. The van der Waals surface area contributed by atoms with E-state index in [1.165, 1.54) is 6.07 Å². The van der Waals surface area contributed by atoms with Crippen LogP contribution in [-0.4, -0.2) is 30.1 Å². The van der Waals surface area contributed by atoms with Crippen molar-refractivity contribution in [2.75, 3.05) is 13.2 Å². The number of benzene rings is 2. The van der Waals surface area contributed by atoms with Crippen molar-refractivity contribution in [2.24, 2.45) is 0 Å². The molecule has 0 N–H and O–H groups in total. The van der Waals surface area contributed by atoms with Crippen LogP contribution in [0.3, 0.4) is 0 Å². The summed E-state index contributed by atoms with van der Waals surface area (Å²) in [6, 6.07) is 11.8. The molecule has 0 aliphatic heterocycles. The van der Waals surface area contributed by atoms with Crippen LogP contribution in [0.1, 0.15) is 43.9 Å². The highest BCUT2D eigenvalue weighted by Gasteiger charge is 2.37. The SMILES string of the molecule is CCOc1ccccc1OCC(=O)N(C1CC1)C(C)c1cccc(C(F)(F)F)c1. The highest BCUT2D eigenvalue weighted by molar-refractivity contribution is 5.79. The third-order valence-electron chi connectivity index (χ3n) is 4.84. The van der Waals surface area contributed by atoms with Crippen LogP contribution in [0.15, 0.2) is 48.5 Å². The van der Waals surface area contributed by atoms with E-state index < -0.39 is 17.8 Å². The van der Waals surface area contributed by atoms with Crippen molar-refractivity contribution in [2.45, 2.75) is 44.9 Å². The molecule has 2 aromatic rings. The van der Waals surface area contributed by atoms with Crippen molar-refractivity contribution in [3.63, 3.8) is 0 Å². The Morgan fingerprint density at radius 2 is 1.76 bits per heavy atom. The van der Waals surface area contributed by atoms with Gasteiger partial charge in [-0.1, -0.05) is 24.3 Å². The summed E-state index contributed by atoms with van der Waals surface area (Å²) >= 11 is 0. The zero-order valence-corrected chi connectivity index (χ0v) is 16.4. The predicted octanol–water partition coefficient (Wildman–Crippen LogP) is 5.24. The second-order valence-electron chi connectivity index (χ2n) is 7.00. The van der Waals surface area contributed by atoms with Crippen LogP contribution in [0.25, 0.3) is 0 Å². The molecule has 4 nitrogen and oxygen atoms in total. The minimum absolute atomic E-state index is 0.0257. The molecule has 1 unspecified atom stereocenters. The smallest absolute Gasteiger partial charge is 0.416 e. The van der Waals surface area contributed by atoms with Crippen molar-refractivity contribution in [1.29, 1.82) is 0 Å². The first-order valence-electron chi connectivity index (χ1n) is 9.64. The summed E-state index contributed by atoms with van der Waals surface area (Å²) in [5, 5.41) is 0. The molecule has 0 heterocycles. The molecule has 1 saturated carbocycles. The van der Waals surface area contributed by atoms with Crippen LogP contribution in [0.5, 0.6) is 11.5 Å². The number of rotatable bonds is 8. The van der Waals surface area contributed by atoms with Crippen LogP contribution in [-0.2, 0) is 11.0 Å². The van der Waals surface area contributed by atoms with Gasteiger partial charge in [0.05, 0.1) is 18.2 Å². The highest BCUT2D eigenvalue weighted by Crippen LogP contribution is 2.37. The first-order chi connectivity index (χ1) is 13.8. The second-order valence-corrected chi connectivity index (χ2v) is 7.00. The summed E-state index contributed by atoms with van der Waals surface area (Å²) in [6.07, 6.45) is -2.74. The van der Waals surface area contributed by atoms with E-state index in [1.807, 2.05) is 13.0 Å². The summed E-state index contributed by atoms with van der Waals surface area (Å²) in [5.41, 5.74) is -0.262. The van der Waals surface area contributed by atoms with Crippen molar-refractivity contribution in [1.82, 2.24) is 4.90 Å². The van der Waals surface area contributed by atoms with E-state index in [0.29, 0.717) is 23.7 Å². The second kappa shape index (κ2) is 8.76. The lowest BCUT2D eigenvalue weighted by Gasteiger charge is -2.30. The van der Waals surface area contributed by atoms with Gasteiger partial charge in [0.15, 0.2) is 18.1 Å². The Morgan fingerprint density at radius 1 is 1.10 bits per heavy atom. The van der Waals surface area contributed by atoms with E-state index in [0.717, 1.165) is 25.0 Å². The Bertz CT molecular complexity index is 849. The van der Waals surface area contributed by atoms with Gasteiger partial charge in [-0.15, -0.1) is 0 Å². The van der Waals surface area contributed by atoms with Gasteiger partial charge in [0.25, 0.3) is 5.91 Å². The van der Waals surface area contributed by atoms with Crippen LogP contribution in [0.2, 0.25) is 0 Å². The minimum Gasteiger partial charge on any atom is -0.490 e. The van der Waals surface area contributed by atoms with Gasteiger partial charge >= 0.3 is 6.18 Å². The maximum absolute atomic E-state index is 13.1. The Kier molecular flexibility index (Phi) is 6.35. The average Bonchev–Trinajstić information content (AvgIpc) is 3.52. The van der Waals surface area contributed by atoms with Gasteiger partial charge < -0.3 is 14.4 Å². The van der Waals surface area contributed by atoms with E-state index in [4.69, 9.17) is 9.47 Å². The first-order valence-corrected chi connectivity index (χ1v) is 9.64. The molecule has 1 aliphatic rings. The minimum atomic E-state index is -4.42. The number of para-hydroxylation sites is 2. The number of amides is 1. The lowest BCUT2D eigenvalue weighted by molar-refractivity contribution is -0.137. The monoisotopic (exact) mass is 407 g/mol. The fourth-order valence-corrected chi connectivity index (χ4v) is 3.28. The molecule has 1 fully saturated rings. The summed E-state index contributed by atoms with van der Waals surface area (Å²) in [5.74, 6) is 0.751.